The molecule has 3 nitrogen and oxygen atoms in total. The number of furan rings is 1. The molecule has 0 saturated heterocycles. The molecule has 1 aliphatic carbocycles. The van der Waals surface area contributed by atoms with Crippen molar-refractivity contribution in [1.29, 1.82) is 0 Å². The minimum Gasteiger partial charge on any atom is -0.468 e. The molecule has 0 radical (unpaired) electrons. The van der Waals surface area contributed by atoms with Crippen molar-refractivity contribution in [3.05, 3.63) is 124 Å². The van der Waals surface area contributed by atoms with E-state index in [4.69, 9.17) is 4.42 Å². The molecule has 0 fully saturated rings. The van der Waals surface area contributed by atoms with Crippen molar-refractivity contribution < 1.29 is 4.42 Å². The van der Waals surface area contributed by atoms with Gasteiger partial charge in [0.25, 0.3) is 6.71 Å². The first-order chi connectivity index (χ1) is 27.0. The quantitative estimate of drug-likeness (QED) is 0.163. The van der Waals surface area contributed by atoms with Crippen LogP contribution in [0.25, 0.3) is 11.0 Å². The molecule has 298 valence electrons. The van der Waals surface area contributed by atoms with E-state index in [-0.39, 0.29) is 33.8 Å². The van der Waals surface area contributed by atoms with Crippen molar-refractivity contribution in [3.63, 3.8) is 0 Å². The Bertz CT molecular complexity index is 2650. The molecule has 0 N–H and O–H groups in total. The fourth-order valence-electron chi connectivity index (χ4n) is 10.2. The fourth-order valence-corrected chi connectivity index (χ4v) is 10.2. The Kier molecular flexibility index (Phi) is 8.31. The maximum Gasteiger partial charge on any atom is 0.297 e. The SMILES string of the molecule is Cc1cc2c3c(c1)N(c1ccc(C(C)(C)C)cc1C)c1c(oc4ccc(C(C)(C)C)cc14)B3c1cc3c(cc1N2c1ccc(C(C)(C)C)cc1)C(C)(C)CCC3(C)C. The molecule has 2 aliphatic heterocycles. The lowest BCUT2D eigenvalue weighted by Gasteiger charge is -2.46. The van der Waals surface area contributed by atoms with Gasteiger partial charge in [-0.25, -0.2) is 0 Å². The number of fused-ring (bicyclic) bond motifs is 7. The predicted octanol–water partition coefficient (Wildman–Crippen LogP) is 13.4. The highest BCUT2D eigenvalue weighted by molar-refractivity contribution is 7.00. The number of rotatable bonds is 2. The summed E-state index contributed by atoms with van der Waals surface area (Å²) in [5, 5.41) is 1.18. The average molecular weight is 767 g/mol. The molecule has 0 unspecified atom stereocenters. The molecule has 0 spiro atoms. The topological polar surface area (TPSA) is 19.6 Å². The van der Waals surface area contributed by atoms with Crippen molar-refractivity contribution in [2.75, 3.05) is 9.80 Å². The van der Waals surface area contributed by atoms with Crippen LogP contribution in [0.5, 0.6) is 0 Å². The Labute approximate surface area is 348 Å². The number of nitrogens with zero attached hydrogens (tertiary/aromatic N) is 2. The summed E-state index contributed by atoms with van der Waals surface area (Å²) in [5.41, 5.74) is 21.6. The number of hydrogen-bond donors (Lipinski definition) is 0. The lowest BCUT2D eigenvalue weighted by Crippen LogP contribution is -2.61. The van der Waals surface area contributed by atoms with Gasteiger partial charge < -0.3 is 14.2 Å². The molecule has 58 heavy (non-hydrogen) atoms. The van der Waals surface area contributed by atoms with Gasteiger partial charge in [0, 0.05) is 33.8 Å². The summed E-state index contributed by atoms with van der Waals surface area (Å²) in [4.78, 5) is 5.15. The molecular weight excluding hydrogens is 703 g/mol. The standard InChI is InChI=1S/C54H63BN2O/c1-32-26-44-47-45(27-32)57(42-22-18-35(28-33(42)2)51(6,7)8)48-38-29-36(52(9,10)11)19-23-46(38)58-49(48)55(47)41-30-39-40(54(14,15)25-24-53(39,12)13)31-43(41)56(44)37-20-16-34(17-21-37)50(3,4)5/h16-23,26-31H,24-25H2,1-15H3. The van der Waals surface area contributed by atoms with Crippen molar-refractivity contribution in [2.24, 2.45) is 0 Å². The van der Waals surface area contributed by atoms with Crippen LogP contribution in [0.2, 0.25) is 0 Å². The zero-order valence-electron chi connectivity index (χ0n) is 37.9. The van der Waals surface area contributed by atoms with E-state index in [0.29, 0.717) is 0 Å². The largest absolute Gasteiger partial charge is 0.468 e. The Morgan fingerprint density at radius 1 is 0.552 bits per heavy atom. The molecule has 0 bridgehead atoms. The minimum absolute atomic E-state index is 0.0122. The second-order valence-corrected chi connectivity index (χ2v) is 22.4. The van der Waals surface area contributed by atoms with E-state index in [1.165, 1.54) is 102 Å². The van der Waals surface area contributed by atoms with E-state index in [1.807, 2.05) is 0 Å². The van der Waals surface area contributed by atoms with Crippen LogP contribution in [0, 0.1) is 13.8 Å². The third-order valence-corrected chi connectivity index (χ3v) is 13.9. The summed E-state index contributed by atoms with van der Waals surface area (Å²) in [5.74, 6) is 0. The molecule has 0 atom stereocenters. The van der Waals surface area contributed by atoms with Crippen LogP contribution in [0.4, 0.5) is 34.1 Å². The summed E-state index contributed by atoms with van der Waals surface area (Å²) >= 11 is 0. The summed E-state index contributed by atoms with van der Waals surface area (Å²) in [6.07, 6.45) is 2.33. The van der Waals surface area contributed by atoms with Crippen LogP contribution >= 0.6 is 0 Å². The van der Waals surface area contributed by atoms with Crippen molar-refractivity contribution in [3.8, 4) is 0 Å². The summed E-state index contributed by atoms with van der Waals surface area (Å²) in [6, 6.07) is 33.5. The number of aryl methyl sites for hydroxylation is 2. The van der Waals surface area contributed by atoms with E-state index in [1.54, 1.807) is 0 Å². The maximum atomic E-state index is 7.34. The molecule has 5 aromatic carbocycles. The predicted molar refractivity (Wildman–Crippen MR) is 251 cm³/mol. The normalized spacial score (nSPS) is 16.9. The Hall–Kier alpha value is -4.70. The van der Waals surface area contributed by atoms with Crippen molar-refractivity contribution in [2.45, 2.75) is 144 Å². The van der Waals surface area contributed by atoms with Gasteiger partial charge in [0.1, 0.15) is 5.58 Å². The Morgan fingerprint density at radius 3 is 1.67 bits per heavy atom. The molecule has 0 saturated carbocycles. The van der Waals surface area contributed by atoms with Gasteiger partial charge in [0.2, 0.25) is 0 Å². The molecule has 4 heteroatoms. The number of hydrogen-bond acceptors (Lipinski definition) is 3. The smallest absolute Gasteiger partial charge is 0.297 e. The molecule has 1 aromatic heterocycles. The van der Waals surface area contributed by atoms with Crippen molar-refractivity contribution in [1.82, 2.24) is 0 Å². The van der Waals surface area contributed by atoms with Gasteiger partial charge in [-0.1, -0.05) is 126 Å². The number of anilines is 6. The lowest BCUT2D eigenvalue weighted by atomic mass is 9.35. The molecule has 0 amide bonds. The molecule has 3 aliphatic rings. The van der Waals surface area contributed by atoms with Crippen LogP contribution in [0.1, 0.15) is 142 Å². The van der Waals surface area contributed by atoms with Gasteiger partial charge in [0.15, 0.2) is 0 Å². The summed E-state index contributed by atoms with van der Waals surface area (Å²) < 4.78 is 7.34. The monoisotopic (exact) mass is 767 g/mol. The Balaban J connectivity index is 1.42. The maximum absolute atomic E-state index is 7.34. The third-order valence-electron chi connectivity index (χ3n) is 13.9. The zero-order chi connectivity index (χ0) is 41.6. The molecular formula is C54H63BN2O. The van der Waals surface area contributed by atoms with Crippen LogP contribution < -0.4 is 26.4 Å². The second kappa shape index (κ2) is 12.4. The fraction of sp³-hybridized carbons (Fsp3) is 0.407. The number of benzene rings is 5. The van der Waals surface area contributed by atoms with Gasteiger partial charge in [-0.05, 0) is 152 Å². The van der Waals surface area contributed by atoms with Crippen molar-refractivity contribution >= 4 is 68.4 Å². The second-order valence-electron chi connectivity index (χ2n) is 22.4. The third kappa shape index (κ3) is 5.90. The Morgan fingerprint density at radius 2 is 1.09 bits per heavy atom. The van der Waals surface area contributed by atoms with Gasteiger partial charge >= 0.3 is 0 Å². The van der Waals surface area contributed by atoms with E-state index < -0.39 is 0 Å². The summed E-state index contributed by atoms with van der Waals surface area (Å²) in [6.45, 7) is 35.0. The van der Waals surface area contributed by atoms with E-state index in [9.17, 15) is 0 Å². The molecule has 3 heterocycles. The van der Waals surface area contributed by atoms with E-state index in [2.05, 4.69) is 199 Å². The van der Waals surface area contributed by atoms with Crippen LogP contribution in [0.3, 0.4) is 0 Å². The first-order valence-electron chi connectivity index (χ1n) is 21.7. The minimum atomic E-state index is -0.0808. The molecule has 9 rings (SSSR count). The van der Waals surface area contributed by atoms with Gasteiger partial charge in [0.05, 0.1) is 11.3 Å². The highest BCUT2D eigenvalue weighted by atomic mass is 16.3. The van der Waals surface area contributed by atoms with Crippen LogP contribution in [-0.2, 0) is 27.1 Å². The molecule has 6 aromatic rings. The summed E-state index contributed by atoms with van der Waals surface area (Å²) in [7, 11) is 0. The van der Waals surface area contributed by atoms with E-state index in [0.717, 1.165) is 11.2 Å². The lowest BCUT2D eigenvalue weighted by molar-refractivity contribution is 0.332. The van der Waals surface area contributed by atoms with E-state index >= 15 is 0 Å². The van der Waals surface area contributed by atoms with Gasteiger partial charge in [-0.3, -0.25) is 0 Å². The first kappa shape index (κ1) is 38.8. The van der Waals surface area contributed by atoms with Crippen LogP contribution in [-0.4, -0.2) is 6.71 Å². The van der Waals surface area contributed by atoms with Gasteiger partial charge in [-0.2, -0.15) is 0 Å². The van der Waals surface area contributed by atoms with Crippen LogP contribution in [0.15, 0.2) is 89.3 Å². The average Bonchev–Trinajstić information content (AvgIpc) is 3.51. The first-order valence-corrected chi connectivity index (χ1v) is 21.7. The zero-order valence-corrected chi connectivity index (χ0v) is 37.9. The highest BCUT2D eigenvalue weighted by Gasteiger charge is 2.49. The highest BCUT2D eigenvalue weighted by Crippen LogP contribution is 2.52. The van der Waals surface area contributed by atoms with Gasteiger partial charge in [-0.15, -0.1) is 0 Å².